The predicted octanol–water partition coefficient (Wildman–Crippen LogP) is 8.50. The summed E-state index contributed by atoms with van der Waals surface area (Å²) in [5, 5.41) is 9.33. The van der Waals surface area contributed by atoms with Gasteiger partial charge in [-0.15, -0.1) is 0 Å². The van der Waals surface area contributed by atoms with Crippen LogP contribution in [0.1, 0.15) is 33.4 Å². The Balaban J connectivity index is 0.956. The Hall–Kier alpha value is -5.76. The molecule has 4 aromatic carbocycles. The van der Waals surface area contributed by atoms with Crippen LogP contribution in [0.5, 0.6) is 23.1 Å². The number of nitriles is 1. The highest BCUT2D eigenvalue weighted by atomic mass is 35.5. The lowest BCUT2D eigenvalue weighted by Gasteiger charge is -2.34. The van der Waals surface area contributed by atoms with Gasteiger partial charge >= 0.3 is 0 Å². The molecule has 0 aliphatic carbocycles. The van der Waals surface area contributed by atoms with E-state index in [9.17, 15) is 13.6 Å². The van der Waals surface area contributed by atoms with Gasteiger partial charge in [-0.25, -0.2) is 13.8 Å². The molecular formula is C41H35ClF2N4O4. The van der Waals surface area contributed by atoms with Gasteiger partial charge in [0.1, 0.15) is 36.3 Å². The second-order valence-electron chi connectivity index (χ2n) is 12.3. The molecule has 5 aromatic rings. The number of hydrogen-bond donors (Lipinski definition) is 0. The molecule has 0 atom stereocenters. The van der Waals surface area contributed by atoms with Crippen molar-refractivity contribution in [1.82, 2.24) is 14.8 Å². The van der Waals surface area contributed by atoms with Gasteiger partial charge in [0, 0.05) is 50.4 Å². The number of carbonyl (C=O) groups is 1. The lowest BCUT2D eigenvalue weighted by molar-refractivity contribution is -0.127. The van der Waals surface area contributed by atoms with E-state index >= 15 is 0 Å². The summed E-state index contributed by atoms with van der Waals surface area (Å²) in [6, 6.07) is 27.0. The number of hydrogen-bond acceptors (Lipinski definition) is 7. The number of ether oxygens (including phenoxy) is 3. The molecule has 0 bridgehead atoms. The molecule has 1 amide bonds. The molecule has 8 nitrogen and oxygen atoms in total. The predicted molar refractivity (Wildman–Crippen MR) is 194 cm³/mol. The van der Waals surface area contributed by atoms with Gasteiger partial charge in [0.15, 0.2) is 5.75 Å². The number of pyridine rings is 1. The van der Waals surface area contributed by atoms with E-state index in [1.807, 2.05) is 31.2 Å². The van der Waals surface area contributed by atoms with Crippen LogP contribution in [-0.4, -0.2) is 46.9 Å². The third-order valence-corrected chi connectivity index (χ3v) is 8.77. The highest BCUT2D eigenvalue weighted by molar-refractivity contribution is 6.32. The van der Waals surface area contributed by atoms with Crippen molar-refractivity contribution < 1.29 is 27.8 Å². The molecule has 0 radical (unpaired) electrons. The molecule has 264 valence electrons. The van der Waals surface area contributed by atoms with Crippen molar-refractivity contribution >= 4 is 23.6 Å². The van der Waals surface area contributed by atoms with Gasteiger partial charge in [-0.05, 0) is 95.9 Å². The number of piperazine rings is 1. The minimum atomic E-state index is -0.359. The minimum absolute atomic E-state index is 0.0438. The topological polar surface area (TPSA) is 87.9 Å². The molecule has 1 aromatic heterocycles. The van der Waals surface area contributed by atoms with Gasteiger partial charge in [0.05, 0.1) is 22.9 Å². The van der Waals surface area contributed by atoms with E-state index in [0.717, 1.165) is 22.3 Å². The Morgan fingerprint density at radius 3 is 2.27 bits per heavy atom. The normalized spacial score (nSPS) is 13.2. The number of rotatable bonds is 12. The summed E-state index contributed by atoms with van der Waals surface area (Å²) in [7, 11) is 0. The Morgan fingerprint density at radius 2 is 1.60 bits per heavy atom. The molecule has 1 aliphatic rings. The first-order valence-corrected chi connectivity index (χ1v) is 17.0. The average Bonchev–Trinajstić information content (AvgIpc) is 3.16. The van der Waals surface area contributed by atoms with Gasteiger partial charge in [-0.2, -0.15) is 5.26 Å². The Labute approximate surface area is 306 Å². The number of nitrogens with zero attached hydrogens (tertiary/aromatic N) is 4. The summed E-state index contributed by atoms with van der Waals surface area (Å²) in [6.45, 7) is 5.23. The van der Waals surface area contributed by atoms with E-state index in [2.05, 4.69) is 16.0 Å². The lowest BCUT2D eigenvalue weighted by Crippen LogP contribution is -2.47. The molecule has 1 fully saturated rings. The third-order valence-electron chi connectivity index (χ3n) is 8.49. The van der Waals surface area contributed by atoms with E-state index in [4.69, 9.17) is 31.1 Å². The van der Waals surface area contributed by atoms with Gasteiger partial charge in [-0.1, -0.05) is 35.9 Å². The Bertz CT molecular complexity index is 2050. The number of benzene rings is 4. The van der Waals surface area contributed by atoms with Gasteiger partial charge in [-0.3, -0.25) is 9.69 Å². The maximum absolute atomic E-state index is 14.8. The number of amides is 1. The molecule has 11 heteroatoms. The van der Waals surface area contributed by atoms with Crippen molar-refractivity contribution in [2.45, 2.75) is 26.7 Å². The number of aromatic nitrogens is 1. The summed E-state index contributed by atoms with van der Waals surface area (Å²) in [5.74, 6) is 1.03. The van der Waals surface area contributed by atoms with Crippen LogP contribution in [-0.2, 0) is 24.6 Å². The summed E-state index contributed by atoms with van der Waals surface area (Å²) >= 11 is 6.59. The minimum Gasteiger partial charge on any atom is -0.489 e. The molecule has 0 saturated carbocycles. The van der Waals surface area contributed by atoms with Gasteiger partial charge in [0.2, 0.25) is 11.8 Å². The van der Waals surface area contributed by atoms with E-state index in [-0.39, 0.29) is 24.1 Å². The monoisotopic (exact) mass is 720 g/mol. The van der Waals surface area contributed by atoms with Crippen molar-refractivity contribution in [3.63, 3.8) is 0 Å². The highest BCUT2D eigenvalue weighted by Crippen LogP contribution is 2.34. The fourth-order valence-corrected chi connectivity index (χ4v) is 5.91. The van der Waals surface area contributed by atoms with Crippen LogP contribution < -0.4 is 14.2 Å². The summed E-state index contributed by atoms with van der Waals surface area (Å²) in [4.78, 5) is 21.3. The van der Waals surface area contributed by atoms with Crippen molar-refractivity contribution in [3.05, 3.63) is 153 Å². The maximum Gasteiger partial charge on any atom is 0.246 e. The first-order chi connectivity index (χ1) is 25.2. The zero-order valence-electron chi connectivity index (χ0n) is 28.4. The number of aryl methyl sites for hydroxylation is 1. The van der Waals surface area contributed by atoms with E-state index < -0.39 is 0 Å². The molecule has 6 rings (SSSR count). The van der Waals surface area contributed by atoms with Crippen LogP contribution in [0.4, 0.5) is 8.78 Å². The van der Waals surface area contributed by atoms with E-state index in [0.29, 0.717) is 78.6 Å². The van der Waals surface area contributed by atoms with Crippen LogP contribution in [0.2, 0.25) is 5.02 Å². The Kier molecular flexibility index (Phi) is 11.8. The molecule has 0 unspecified atom stereocenters. The van der Waals surface area contributed by atoms with E-state index in [1.54, 1.807) is 59.6 Å². The zero-order chi connectivity index (χ0) is 36.5. The van der Waals surface area contributed by atoms with Crippen LogP contribution in [0.3, 0.4) is 0 Å². The second kappa shape index (κ2) is 17.0. The highest BCUT2D eigenvalue weighted by Gasteiger charge is 2.20. The van der Waals surface area contributed by atoms with Crippen LogP contribution in [0.25, 0.3) is 6.08 Å². The number of carbonyl (C=O) groups excluding carboxylic acids is 1. The van der Waals surface area contributed by atoms with Crippen molar-refractivity contribution in [1.29, 1.82) is 5.26 Å². The molecule has 1 saturated heterocycles. The molecule has 0 spiro atoms. The fraction of sp³-hybridized carbons (Fsp3) is 0.195. The standard InChI is InChI=1S/C41H35ClF2N4O4/c1-28-20-31(21-37(42)41(28)52-39-14-13-36(24-46-39)50-26-30-4-2-29(23-45)3-5-30)7-15-40(49)48-18-16-47(17-19-48)25-32-6-8-33(38(44)22-32)27-51-35-11-9-34(43)10-12-35/h2-15,20-22,24H,16-19,25-27H2,1H3/b15-7+. The first kappa shape index (κ1) is 36.0. The summed E-state index contributed by atoms with van der Waals surface area (Å²) in [6.07, 6.45) is 4.85. The lowest BCUT2D eigenvalue weighted by atomic mass is 10.1. The molecular weight excluding hydrogens is 686 g/mol. The van der Waals surface area contributed by atoms with Crippen molar-refractivity contribution in [3.8, 4) is 29.2 Å². The van der Waals surface area contributed by atoms with Crippen LogP contribution in [0, 0.1) is 29.9 Å². The van der Waals surface area contributed by atoms with Crippen molar-refractivity contribution in [2.24, 2.45) is 0 Å². The maximum atomic E-state index is 14.8. The smallest absolute Gasteiger partial charge is 0.246 e. The van der Waals surface area contributed by atoms with Crippen LogP contribution in [0.15, 0.2) is 103 Å². The molecule has 2 heterocycles. The van der Waals surface area contributed by atoms with E-state index in [1.165, 1.54) is 30.3 Å². The fourth-order valence-electron chi connectivity index (χ4n) is 5.60. The SMILES string of the molecule is Cc1cc(/C=C/C(=O)N2CCN(Cc3ccc(COc4ccc(F)cc4)c(F)c3)CC2)cc(Cl)c1Oc1ccc(OCc2ccc(C#N)cc2)cn1. The van der Waals surface area contributed by atoms with Crippen LogP contribution >= 0.6 is 11.6 Å². The largest absolute Gasteiger partial charge is 0.489 e. The Morgan fingerprint density at radius 1 is 0.885 bits per heavy atom. The summed E-state index contributed by atoms with van der Waals surface area (Å²) < 4.78 is 45.2. The third kappa shape index (κ3) is 9.72. The average molecular weight is 721 g/mol. The zero-order valence-corrected chi connectivity index (χ0v) is 29.2. The first-order valence-electron chi connectivity index (χ1n) is 16.6. The quantitative estimate of drug-likeness (QED) is 0.120. The van der Waals surface area contributed by atoms with Gasteiger partial charge < -0.3 is 19.1 Å². The number of halogens is 3. The molecule has 1 aliphatic heterocycles. The second-order valence-corrected chi connectivity index (χ2v) is 12.7. The molecule has 52 heavy (non-hydrogen) atoms. The van der Waals surface area contributed by atoms with Crippen molar-refractivity contribution in [2.75, 3.05) is 26.2 Å². The summed E-state index contributed by atoms with van der Waals surface area (Å²) in [5.41, 5.74) is 4.31. The molecule has 0 N–H and O–H groups in total. The van der Waals surface area contributed by atoms with Gasteiger partial charge in [0.25, 0.3) is 0 Å².